The molecule has 7 heteroatoms. The summed E-state index contributed by atoms with van der Waals surface area (Å²) in [5.74, 6) is -0.207. The Labute approximate surface area is 224 Å². The summed E-state index contributed by atoms with van der Waals surface area (Å²) in [7, 11) is 0. The van der Waals surface area contributed by atoms with Crippen LogP contribution in [0.4, 0.5) is 0 Å². The van der Waals surface area contributed by atoms with E-state index in [0.717, 1.165) is 25.7 Å². The lowest BCUT2D eigenvalue weighted by Crippen LogP contribution is -2.47. The first-order valence-electron chi connectivity index (χ1n) is 14.5. The molecule has 0 aliphatic heterocycles. The van der Waals surface area contributed by atoms with Gasteiger partial charge in [0.05, 0.1) is 6.61 Å². The normalized spacial score (nSPS) is 11.8. The average molecular weight is 518 g/mol. The van der Waals surface area contributed by atoms with E-state index in [1.54, 1.807) is 12.4 Å². The highest BCUT2D eigenvalue weighted by atomic mass is 16.5. The van der Waals surface area contributed by atoms with Gasteiger partial charge in [0.25, 0.3) is 0 Å². The van der Waals surface area contributed by atoms with Crippen LogP contribution in [0, 0.1) is 5.92 Å². The number of carbonyl (C=O) groups is 3. The molecule has 0 aliphatic rings. The van der Waals surface area contributed by atoms with Gasteiger partial charge >= 0.3 is 5.97 Å². The largest absolute Gasteiger partial charge is 0.466 e. The number of rotatable bonds is 22. The smallest absolute Gasteiger partial charge is 0.305 e. The molecule has 0 saturated carbocycles. The Hall–Kier alpha value is -2.44. The highest BCUT2D eigenvalue weighted by Crippen LogP contribution is 2.11. The van der Waals surface area contributed by atoms with Crippen molar-refractivity contribution in [1.82, 2.24) is 15.6 Å². The lowest BCUT2D eigenvalue weighted by atomic mass is 10.0. The fraction of sp³-hybridized carbons (Fsp3) is 0.733. The van der Waals surface area contributed by atoms with Gasteiger partial charge in [-0.1, -0.05) is 72.1 Å². The molecule has 1 heterocycles. The molecule has 0 bridgehead atoms. The number of esters is 1. The monoisotopic (exact) mass is 517 g/mol. The molecule has 1 aromatic heterocycles. The zero-order chi connectivity index (χ0) is 27.1. The van der Waals surface area contributed by atoms with E-state index in [1.807, 2.05) is 26.0 Å². The lowest BCUT2D eigenvalue weighted by Gasteiger charge is -2.20. The quantitative estimate of drug-likeness (QED) is 0.147. The molecule has 37 heavy (non-hydrogen) atoms. The van der Waals surface area contributed by atoms with Crippen molar-refractivity contribution in [2.45, 2.75) is 123 Å². The molecule has 0 aromatic carbocycles. The zero-order valence-corrected chi connectivity index (χ0v) is 23.6. The van der Waals surface area contributed by atoms with Crippen molar-refractivity contribution in [2.24, 2.45) is 5.92 Å². The van der Waals surface area contributed by atoms with Gasteiger partial charge in [0.2, 0.25) is 11.8 Å². The Balaban J connectivity index is 2.17. The van der Waals surface area contributed by atoms with E-state index in [1.165, 1.54) is 50.5 Å². The van der Waals surface area contributed by atoms with Crippen molar-refractivity contribution in [1.29, 1.82) is 0 Å². The number of hydrogen-bond acceptors (Lipinski definition) is 5. The summed E-state index contributed by atoms with van der Waals surface area (Å²) < 4.78 is 5.28. The number of unbranched alkanes of at least 4 members (excludes halogenated alkanes) is 8. The SMILES string of the molecule is CCCCCCCCCCCC(=O)N[C@@H](CC(C)C)C(=O)NCCCC(=O)OCCCc1ccncc1. The molecule has 7 nitrogen and oxygen atoms in total. The Morgan fingerprint density at radius 2 is 1.51 bits per heavy atom. The molecule has 2 amide bonds. The van der Waals surface area contributed by atoms with Crippen LogP contribution in [0.3, 0.4) is 0 Å². The fourth-order valence-corrected chi connectivity index (χ4v) is 4.22. The zero-order valence-electron chi connectivity index (χ0n) is 23.6. The Morgan fingerprint density at radius 3 is 2.16 bits per heavy atom. The van der Waals surface area contributed by atoms with Gasteiger partial charge in [0.15, 0.2) is 0 Å². The van der Waals surface area contributed by atoms with E-state index in [4.69, 9.17) is 4.74 Å². The number of nitrogens with zero attached hydrogens (tertiary/aromatic N) is 1. The predicted octanol–water partition coefficient (Wildman–Crippen LogP) is 5.91. The summed E-state index contributed by atoms with van der Waals surface area (Å²) in [5, 5.41) is 5.80. The highest BCUT2D eigenvalue weighted by molar-refractivity contribution is 5.87. The topological polar surface area (TPSA) is 97.4 Å². The van der Waals surface area contributed by atoms with Gasteiger partial charge in [0.1, 0.15) is 6.04 Å². The molecular formula is C30H51N3O4. The molecular weight excluding hydrogens is 466 g/mol. The second-order valence-corrected chi connectivity index (χ2v) is 10.4. The third kappa shape index (κ3) is 18.5. The van der Waals surface area contributed by atoms with Crippen molar-refractivity contribution >= 4 is 17.8 Å². The maximum atomic E-state index is 12.7. The predicted molar refractivity (Wildman–Crippen MR) is 149 cm³/mol. The first kappa shape index (κ1) is 32.6. The number of hydrogen-bond donors (Lipinski definition) is 2. The van der Waals surface area contributed by atoms with E-state index in [9.17, 15) is 14.4 Å². The number of ether oxygens (including phenoxy) is 1. The third-order valence-electron chi connectivity index (χ3n) is 6.35. The summed E-state index contributed by atoms with van der Waals surface area (Å²) in [6.07, 6.45) is 17.8. The molecule has 0 radical (unpaired) electrons. The van der Waals surface area contributed by atoms with Crippen LogP contribution in [0.15, 0.2) is 24.5 Å². The second kappa shape index (κ2) is 21.6. The fourth-order valence-electron chi connectivity index (χ4n) is 4.22. The minimum absolute atomic E-state index is 0.0564. The van der Waals surface area contributed by atoms with Crippen LogP contribution in [-0.2, 0) is 25.5 Å². The summed E-state index contributed by atoms with van der Waals surface area (Å²) in [4.78, 5) is 41.0. The Morgan fingerprint density at radius 1 is 0.865 bits per heavy atom. The van der Waals surface area contributed by atoms with Crippen LogP contribution in [0.5, 0.6) is 0 Å². The summed E-state index contributed by atoms with van der Waals surface area (Å²) in [6, 6.07) is 3.37. The van der Waals surface area contributed by atoms with Crippen LogP contribution in [0.2, 0.25) is 0 Å². The van der Waals surface area contributed by atoms with Crippen molar-refractivity contribution in [2.75, 3.05) is 13.2 Å². The molecule has 0 aliphatic carbocycles. The molecule has 0 saturated heterocycles. The van der Waals surface area contributed by atoms with Crippen molar-refractivity contribution in [3.8, 4) is 0 Å². The van der Waals surface area contributed by atoms with Crippen molar-refractivity contribution in [3.63, 3.8) is 0 Å². The minimum atomic E-state index is -0.536. The molecule has 0 unspecified atom stereocenters. The first-order valence-corrected chi connectivity index (χ1v) is 14.5. The van der Waals surface area contributed by atoms with E-state index in [0.29, 0.717) is 32.4 Å². The standard InChI is InChI=1S/C30H51N3O4/c1-4-5-6-7-8-9-10-11-12-16-28(34)33-27(24-25(2)3)30(36)32-20-13-17-29(35)37-23-14-15-26-18-21-31-22-19-26/h18-19,21-22,25,27H,4-17,20,23-24H2,1-3H3,(H,32,36)(H,33,34)/t27-/m0/s1. The van der Waals surface area contributed by atoms with Crippen molar-refractivity contribution < 1.29 is 19.1 Å². The molecule has 1 atom stereocenters. The summed E-state index contributed by atoms with van der Waals surface area (Å²) >= 11 is 0. The number of pyridine rings is 1. The van der Waals surface area contributed by atoms with Crippen LogP contribution >= 0.6 is 0 Å². The maximum Gasteiger partial charge on any atom is 0.305 e. The second-order valence-electron chi connectivity index (χ2n) is 10.4. The van der Waals surface area contributed by atoms with Crippen LogP contribution < -0.4 is 10.6 Å². The van der Waals surface area contributed by atoms with E-state index in [-0.39, 0.29) is 30.1 Å². The van der Waals surface area contributed by atoms with Crippen molar-refractivity contribution in [3.05, 3.63) is 30.1 Å². The van der Waals surface area contributed by atoms with Gasteiger partial charge in [-0.15, -0.1) is 0 Å². The maximum absolute atomic E-state index is 12.7. The molecule has 0 spiro atoms. The average Bonchev–Trinajstić information content (AvgIpc) is 2.88. The Bertz CT molecular complexity index is 740. The number of aromatic nitrogens is 1. The number of carbonyl (C=O) groups excluding carboxylic acids is 3. The van der Waals surface area contributed by atoms with Crippen LogP contribution in [0.25, 0.3) is 0 Å². The number of aryl methyl sites for hydroxylation is 1. The van der Waals surface area contributed by atoms with E-state index >= 15 is 0 Å². The van der Waals surface area contributed by atoms with Gasteiger partial charge in [-0.05, 0) is 55.7 Å². The molecule has 2 N–H and O–H groups in total. The van der Waals surface area contributed by atoms with Gasteiger partial charge in [-0.2, -0.15) is 0 Å². The van der Waals surface area contributed by atoms with E-state index in [2.05, 4.69) is 22.5 Å². The van der Waals surface area contributed by atoms with Gasteiger partial charge in [0, 0.05) is 31.8 Å². The van der Waals surface area contributed by atoms with Crippen LogP contribution in [0.1, 0.15) is 116 Å². The molecule has 0 fully saturated rings. The van der Waals surface area contributed by atoms with Gasteiger partial charge in [-0.3, -0.25) is 19.4 Å². The van der Waals surface area contributed by atoms with Crippen LogP contribution in [-0.4, -0.2) is 42.0 Å². The molecule has 1 rings (SSSR count). The summed E-state index contributed by atoms with van der Waals surface area (Å²) in [5.41, 5.74) is 1.17. The van der Waals surface area contributed by atoms with Gasteiger partial charge < -0.3 is 15.4 Å². The van der Waals surface area contributed by atoms with Gasteiger partial charge in [-0.25, -0.2) is 0 Å². The molecule has 210 valence electrons. The number of amides is 2. The van der Waals surface area contributed by atoms with E-state index < -0.39 is 6.04 Å². The Kier molecular flexibility index (Phi) is 19.0. The third-order valence-corrected chi connectivity index (χ3v) is 6.35. The molecule has 1 aromatic rings. The highest BCUT2D eigenvalue weighted by Gasteiger charge is 2.21. The number of nitrogens with one attached hydrogen (secondary N) is 2. The first-order chi connectivity index (χ1) is 17.9. The summed E-state index contributed by atoms with van der Waals surface area (Å²) in [6.45, 7) is 7.08. The lowest BCUT2D eigenvalue weighted by molar-refractivity contribution is -0.144. The minimum Gasteiger partial charge on any atom is -0.466 e.